The maximum atomic E-state index is 15.3. The number of anilines is 1. The van der Waals surface area contributed by atoms with Crippen LogP contribution < -0.4 is 15.4 Å². The summed E-state index contributed by atoms with van der Waals surface area (Å²) in [5.41, 5.74) is -0.628. The molecule has 0 aromatic heterocycles. The molecule has 8 nitrogen and oxygen atoms in total. The Hall–Kier alpha value is -3.20. The number of rotatable bonds is 9. The van der Waals surface area contributed by atoms with Crippen molar-refractivity contribution in [2.75, 3.05) is 18.5 Å². The highest BCUT2D eigenvalue weighted by molar-refractivity contribution is 9.10. The van der Waals surface area contributed by atoms with E-state index in [1.165, 1.54) is 55.5 Å². The summed E-state index contributed by atoms with van der Waals surface area (Å²) in [6.45, 7) is 0.518. The molecule has 0 radical (unpaired) electrons. The Morgan fingerprint density at radius 2 is 1.84 bits per heavy atom. The topological polar surface area (TPSA) is 132 Å². The summed E-state index contributed by atoms with van der Waals surface area (Å²) in [6, 6.07) is 13.3. The largest absolute Gasteiger partial charge is 0.453 e. The molecule has 0 aliphatic carbocycles. The predicted molar refractivity (Wildman–Crippen MR) is 144 cm³/mol. The summed E-state index contributed by atoms with van der Waals surface area (Å²) in [5.74, 6) is -2.00. The zero-order valence-corrected chi connectivity index (χ0v) is 22.9. The van der Waals surface area contributed by atoms with E-state index in [0.29, 0.717) is 0 Å². The number of amides is 2. The lowest BCUT2D eigenvalue weighted by molar-refractivity contribution is -0.115. The second-order valence-electron chi connectivity index (χ2n) is 8.49. The third-order valence-corrected chi connectivity index (χ3v) is 6.47. The van der Waals surface area contributed by atoms with E-state index in [1.54, 1.807) is 0 Å². The molecule has 38 heavy (non-hydrogen) atoms. The lowest BCUT2D eigenvalue weighted by Crippen LogP contribution is -2.51. The molecule has 0 atom stereocenters. The summed E-state index contributed by atoms with van der Waals surface area (Å²) in [4.78, 5) is 25.1. The third kappa shape index (κ3) is 7.22. The summed E-state index contributed by atoms with van der Waals surface area (Å²) < 4.78 is 21.2. The van der Waals surface area contributed by atoms with E-state index >= 15 is 4.39 Å². The summed E-state index contributed by atoms with van der Waals surface area (Å²) in [7, 11) is 0. The average Bonchev–Trinajstić information content (AvgIpc) is 2.88. The van der Waals surface area contributed by atoms with Gasteiger partial charge < -0.3 is 25.6 Å². The van der Waals surface area contributed by atoms with Crippen molar-refractivity contribution >= 4 is 56.6 Å². The molecule has 0 unspecified atom stereocenters. The molecule has 0 saturated heterocycles. The molecule has 3 aromatic rings. The number of carbonyl (C=O) groups is 2. The normalized spacial score (nSPS) is 11.0. The molecular weight excluding hydrogens is 604 g/mol. The maximum Gasteiger partial charge on any atom is 0.251 e. The van der Waals surface area contributed by atoms with Crippen molar-refractivity contribution < 1.29 is 28.9 Å². The number of aliphatic hydroxyl groups excluding tert-OH is 2. The molecule has 0 saturated carbocycles. The number of aliphatic hydroxyl groups is 2. The molecule has 4 N–H and O–H groups in total. The molecule has 0 aliphatic heterocycles. The summed E-state index contributed by atoms with van der Waals surface area (Å²) in [5, 5.41) is 33.2. The van der Waals surface area contributed by atoms with Crippen LogP contribution in [0.15, 0.2) is 53.0 Å². The fourth-order valence-electron chi connectivity index (χ4n) is 3.21. The van der Waals surface area contributed by atoms with Gasteiger partial charge in [0.2, 0.25) is 5.91 Å². The van der Waals surface area contributed by atoms with Gasteiger partial charge in [-0.15, -0.1) is 0 Å². The highest BCUT2D eigenvalue weighted by Gasteiger charge is 2.25. The zero-order valence-electron chi connectivity index (χ0n) is 19.8. The van der Waals surface area contributed by atoms with Gasteiger partial charge in [-0.25, -0.2) is 4.39 Å². The first-order valence-electron chi connectivity index (χ1n) is 11.0. The van der Waals surface area contributed by atoms with Gasteiger partial charge in [-0.05, 0) is 65.3 Å². The fourth-order valence-corrected chi connectivity index (χ4v) is 4.05. The van der Waals surface area contributed by atoms with E-state index in [4.69, 9.17) is 33.2 Å². The number of nitrogens with one attached hydrogen (secondary N) is 2. The average molecular weight is 625 g/mol. The van der Waals surface area contributed by atoms with Crippen molar-refractivity contribution in [3.05, 3.63) is 85.6 Å². The van der Waals surface area contributed by atoms with Gasteiger partial charge in [-0.1, -0.05) is 29.3 Å². The quantitative estimate of drug-likeness (QED) is 0.258. The van der Waals surface area contributed by atoms with E-state index in [2.05, 4.69) is 26.6 Å². The molecule has 0 aliphatic rings. The Morgan fingerprint density at radius 3 is 2.47 bits per heavy atom. The first-order valence-corrected chi connectivity index (χ1v) is 12.5. The van der Waals surface area contributed by atoms with Gasteiger partial charge in [-0.3, -0.25) is 9.59 Å². The maximum absolute atomic E-state index is 15.3. The minimum atomic E-state index is -1.22. The van der Waals surface area contributed by atoms with Gasteiger partial charge in [0, 0.05) is 16.1 Å². The number of halogens is 4. The number of benzene rings is 3. The smallest absolute Gasteiger partial charge is 0.251 e. The minimum Gasteiger partial charge on any atom is -0.453 e. The third-order valence-electron chi connectivity index (χ3n) is 5.32. The fraction of sp³-hybridized carbons (Fsp3) is 0.192. The van der Waals surface area contributed by atoms with Crippen LogP contribution in [0.3, 0.4) is 0 Å². The molecule has 0 spiro atoms. The van der Waals surface area contributed by atoms with Crippen LogP contribution in [0.4, 0.5) is 10.1 Å². The van der Waals surface area contributed by atoms with Gasteiger partial charge in [0.1, 0.15) is 5.75 Å². The Balaban J connectivity index is 1.74. The molecule has 198 valence electrons. The molecule has 3 aromatic carbocycles. The lowest BCUT2D eigenvalue weighted by Gasteiger charge is -2.26. The van der Waals surface area contributed by atoms with Crippen LogP contribution in [0.5, 0.6) is 11.5 Å². The van der Waals surface area contributed by atoms with Crippen LogP contribution in [0.1, 0.15) is 28.4 Å². The van der Waals surface area contributed by atoms with Gasteiger partial charge in [0.05, 0.1) is 52.0 Å². The molecule has 0 fully saturated rings. The minimum absolute atomic E-state index is 0.0302. The van der Waals surface area contributed by atoms with E-state index in [9.17, 15) is 19.8 Å². The number of nitriles is 1. The van der Waals surface area contributed by atoms with Crippen molar-refractivity contribution in [3.8, 4) is 17.6 Å². The lowest BCUT2D eigenvalue weighted by atomic mass is 10.0. The Morgan fingerprint density at radius 1 is 1.13 bits per heavy atom. The van der Waals surface area contributed by atoms with Gasteiger partial charge in [-0.2, -0.15) is 5.26 Å². The molecule has 3 rings (SSSR count). The second kappa shape index (κ2) is 12.6. The van der Waals surface area contributed by atoms with E-state index in [-0.39, 0.29) is 54.8 Å². The van der Waals surface area contributed by atoms with E-state index < -0.39 is 36.4 Å². The zero-order chi connectivity index (χ0) is 28.0. The number of hydrogen-bond donors (Lipinski definition) is 4. The van der Waals surface area contributed by atoms with Crippen LogP contribution in [0.2, 0.25) is 10.0 Å². The molecule has 2 amide bonds. The van der Waals surface area contributed by atoms with E-state index in [1.807, 2.05) is 6.07 Å². The summed E-state index contributed by atoms with van der Waals surface area (Å²) >= 11 is 15.5. The molecular formula is C26H21BrCl2FN3O5. The standard InChI is InChI=1S/C26H21BrCl2FN3O5/c1-26(12-34,13-35)33-25(37)16-3-5-21(20(29)8-16)32-22(36)9-15-2-4-19(27)24(23(15)30)38-18-7-14(11-31)6-17(28)10-18/h2-8,10,34-35H,9,12-13H2,1H3,(H,32,36)(H,33,37). The highest BCUT2D eigenvalue weighted by atomic mass is 79.9. The van der Waals surface area contributed by atoms with Crippen molar-refractivity contribution in [2.45, 2.75) is 18.9 Å². The van der Waals surface area contributed by atoms with Crippen LogP contribution in [-0.4, -0.2) is 40.8 Å². The number of ether oxygens (including phenoxy) is 1. The van der Waals surface area contributed by atoms with Crippen molar-refractivity contribution in [1.29, 1.82) is 5.26 Å². The van der Waals surface area contributed by atoms with Gasteiger partial charge >= 0.3 is 0 Å². The van der Waals surface area contributed by atoms with Crippen LogP contribution >= 0.6 is 39.1 Å². The molecule has 12 heteroatoms. The molecule has 0 heterocycles. The monoisotopic (exact) mass is 623 g/mol. The van der Waals surface area contributed by atoms with Gasteiger partial charge in [0.25, 0.3) is 5.91 Å². The van der Waals surface area contributed by atoms with Crippen LogP contribution in [0, 0.1) is 17.1 Å². The van der Waals surface area contributed by atoms with Crippen LogP contribution in [-0.2, 0) is 11.2 Å². The predicted octanol–water partition coefficient (Wildman–Crippen LogP) is 5.21. The Bertz CT molecular complexity index is 1430. The first kappa shape index (κ1) is 29.4. The van der Waals surface area contributed by atoms with Gasteiger partial charge in [0.15, 0.2) is 11.6 Å². The first-order chi connectivity index (χ1) is 18.0. The van der Waals surface area contributed by atoms with Crippen LogP contribution in [0.25, 0.3) is 0 Å². The number of carbonyl (C=O) groups excluding carboxylic acids is 2. The van der Waals surface area contributed by atoms with E-state index in [0.717, 1.165) is 0 Å². The van der Waals surface area contributed by atoms with Crippen molar-refractivity contribution in [1.82, 2.24) is 5.32 Å². The van der Waals surface area contributed by atoms with Crippen molar-refractivity contribution in [2.24, 2.45) is 0 Å². The van der Waals surface area contributed by atoms with Crippen molar-refractivity contribution in [3.63, 3.8) is 0 Å². The number of hydrogen-bond acceptors (Lipinski definition) is 6. The Labute approximate surface area is 236 Å². The number of nitrogens with zero attached hydrogens (tertiary/aromatic N) is 1. The highest BCUT2D eigenvalue weighted by Crippen LogP contribution is 2.36. The summed E-state index contributed by atoms with van der Waals surface area (Å²) in [6.07, 6.45) is -0.363. The second-order valence-corrected chi connectivity index (χ2v) is 10.2. The molecule has 0 bridgehead atoms. The Kier molecular flexibility index (Phi) is 9.71. The SMILES string of the molecule is CC(CO)(CO)NC(=O)c1ccc(NC(=O)Cc2ccc(Br)c(Oc3cc(Cl)cc(C#N)c3)c2F)c(Cl)c1.